The predicted octanol–water partition coefficient (Wildman–Crippen LogP) is 1.97. The largest absolute Gasteiger partial charge is 0.353 e. The molecule has 0 spiro atoms. The first-order valence-corrected chi connectivity index (χ1v) is 9.03. The fourth-order valence-corrected chi connectivity index (χ4v) is 3.37. The highest BCUT2D eigenvalue weighted by Crippen LogP contribution is 2.26. The smallest absolute Gasteiger partial charge is 0.234 e. The summed E-state index contributed by atoms with van der Waals surface area (Å²) in [5.41, 5.74) is 0.959. The summed E-state index contributed by atoms with van der Waals surface area (Å²) < 4.78 is 0. The van der Waals surface area contributed by atoms with Crippen LogP contribution in [0.1, 0.15) is 26.0 Å². The molecule has 1 N–H and O–H groups in total. The normalized spacial score (nSPS) is 16.2. The van der Waals surface area contributed by atoms with Crippen LogP contribution in [0.3, 0.4) is 0 Å². The van der Waals surface area contributed by atoms with Crippen molar-refractivity contribution in [2.45, 2.75) is 33.2 Å². The van der Waals surface area contributed by atoms with Crippen LogP contribution in [-0.4, -0.2) is 59.8 Å². The van der Waals surface area contributed by atoms with Gasteiger partial charge in [-0.05, 0) is 27.2 Å². The first-order valence-electron chi connectivity index (χ1n) is 9.03. The van der Waals surface area contributed by atoms with Crippen molar-refractivity contribution >= 4 is 22.5 Å². The Morgan fingerprint density at radius 2 is 1.88 bits per heavy atom. The average Bonchev–Trinajstić information content (AvgIpc) is 2.80. The van der Waals surface area contributed by atoms with Crippen molar-refractivity contribution < 1.29 is 4.79 Å². The molecule has 0 unspecified atom stereocenters. The van der Waals surface area contributed by atoms with Crippen LogP contribution in [0.25, 0.3) is 10.8 Å². The van der Waals surface area contributed by atoms with Gasteiger partial charge >= 0.3 is 0 Å². The Kier molecular flexibility index (Phi) is 5.48. The number of aromatic nitrogens is 2. The van der Waals surface area contributed by atoms with Crippen molar-refractivity contribution in [1.29, 1.82) is 0 Å². The first-order chi connectivity index (χ1) is 12.0. The third kappa shape index (κ3) is 4.25. The van der Waals surface area contributed by atoms with E-state index in [0.29, 0.717) is 6.54 Å². The second-order valence-corrected chi connectivity index (χ2v) is 6.99. The van der Waals surface area contributed by atoms with E-state index in [1.54, 1.807) is 0 Å². The Morgan fingerprint density at radius 3 is 2.64 bits per heavy atom. The number of nitrogens with zero attached hydrogens (tertiary/aromatic N) is 4. The zero-order valence-electron chi connectivity index (χ0n) is 15.3. The molecule has 2 aromatic rings. The summed E-state index contributed by atoms with van der Waals surface area (Å²) in [6.07, 6.45) is 1.01. The van der Waals surface area contributed by atoms with Gasteiger partial charge in [0.25, 0.3) is 0 Å². The van der Waals surface area contributed by atoms with Crippen LogP contribution in [0, 0.1) is 6.92 Å². The number of carbonyl (C=O) groups is 1. The van der Waals surface area contributed by atoms with Crippen LogP contribution in [0.2, 0.25) is 0 Å². The van der Waals surface area contributed by atoms with E-state index in [-0.39, 0.29) is 11.9 Å². The van der Waals surface area contributed by atoms with Crippen LogP contribution >= 0.6 is 0 Å². The van der Waals surface area contributed by atoms with E-state index in [0.717, 1.165) is 54.9 Å². The van der Waals surface area contributed by atoms with Crippen LogP contribution in [0.15, 0.2) is 24.3 Å². The minimum atomic E-state index is 0.101. The lowest BCUT2D eigenvalue weighted by molar-refractivity contribution is -0.122. The molecule has 1 aromatic carbocycles. The number of carbonyl (C=O) groups excluding carboxylic acids is 1. The summed E-state index contributed by atoms with van der Waals surface area (Å²) in [7, 11) is 0. The van der Waals surface area contributed by atoms with E-state index in [4.69, 9.17) is 0 Å². The van der Waals surface area contributed by atoms with Gasteiger partial charge in [-0.2, -0.15) is 5.10 Å². The molecule has 1 aromatic heterocycles. The maximum absolute atomic E-state index is 12.0. The summed E-state index contributed by atoms with van der Waals surface area (Å²) in [5.74, 6) is 1.05. The van der Waals surface area contributed by atoms with Crippen LogP contribution in [0.4, 0.5) is 5.82 Å². The van der Waals surface area contributed by atoms with Crippen LogP contribution in [-0.2, 0) is 4.79 Å². The number of nitrogens with one attached hydrogen (secondary N) is 1. The molecule has 1 aliphatic rings. The third-order valence-corrected chi connectivity index (χ3v) is 4.56. The van der Waals surface area contributed by atoms with Crippen LogP contribution < -0.4 is 10.2 Å². The van der Waals surface area contributed by atoms with Gasteiger partial charge in [-0.25, -0.2) is 0 Å². The van der Waals surface area contributed by atoms with Gasteiger partial charge in [-0.1, -0.05) is 24.3 Å². The lowest BCUT2D eigenvalue weighted by Crippen LogP contribution is -2.41. The van der Waals surface area contributed by atoms with Gasteiger partial charge < -0.3 is 10.2 Å². The molecule has 2 heterocycles. The van der Waals surface area contributed by atoms with E-state index >= 15 is 0 Å². The summed E-state index contributed by atoms with van der Waals surface area (Å²) in [5, 5.41) is 14.1. The molecule has 6 heteroatoms. The average molecular weight is 341 g/mol. The summed E-state index contributed by atoms with van der Waals surface area (Å²) in [6.45, 7) is 10.0. The molecular formula is C19H27N5O. The zero-order valence-corrected chi connectivity index (χ0v) is 15.3. The SMILES string of the molecule is Cc1nnc(N2CCCN(CC(=O)NC(C)C)CC2)c2ccccc12. The highest BCUT2D eigenvalue weighted by atomic mass is 16.2. The van der Waals surface area contributed by atoms with Gasteiger partial charge in [0.2, 0.25) is 5.91 Å². The molecule has 134 valence electrons. The van der Waals surface area contributed by atoms with Crippen molar-refractivity contribution in [3.05, 3.63) is 30.0 Å². The summed E-state index contributed by atoms with van der Waals surface area (Å²) in [4.78, 5) is 16.5. The number of rotatable bonds is 4. The lowest BCUT2D eigenvalue weighted by atomic mass is 10.1. The van der Waals surface area contributed by atoms with Crippen molar-refractivity contribution in [3.63, 3.8) is 0 Å². The Balaban J connectivity index is 1.72. The van der Waals surface area contributed by atoms with Gasteiger partial charge in [0.05, 0.1) is 12.2 Å². The van der Waals surface area contributed by atoms with Gasteiger partial charge in [-0.3, -0.25) is 9.69 Å². The minimum absolute atomic E-state index is 0.101. The second-order valence-electron chi connectivity index (χ2n) is 6.99. The monoisotopic (exact) mass is 341 g/mol. The lowest BCUT2D eigenvalue weighted by Gasteiger charge is -2.23. The molecule has 0 aliphatic carbocycles. The number of hydrogen-bond acceptors (Lipinski definition) is 5. The molecule has 1 aliphatic heterocycles. The molecule has 3 rings (SSSR count). The Morgan fingerprint density at radius 1 is 1.12 bits per heavy atom. The molecular weight excluding hydrogens is 314 g/mol. The maximum atomic E-state index is 12.0. The molecule has 6 nitrogen and oxygen atoms in total. The van der Waals surface area contributed by atoms with E-state index in [1.807, 2.05) is 32.9 Å². The van der Waals surface area contributed by atoms with E-state index in [1.165, 1.54) is 0 Å². The van der Waals surface area contributed by atoms with E-state index < -0.39 is 0 Å². The Bertz CT molecular complexity index is 746. The van der Waals surface area contributed by atoms with Gasteiger partial charge in [0, 0.05) is 43.0 Å². The van der Waals surface area contributed by atoms with Crippen molar-refractivity contribution in [2.24, 2.45) is 0 Å². The molecule has 1 amide bonds. The number of aryl methyl sites for hydroxylation is 1. The van der Waals surface area contributed by atoms with Crippen molar-refractivity contribution in [3.8, 4) is 0 Å². The minimum Gasteiger partial charge on any atom is -0.353 e. The topological polar surface area (TPSA) is 61.4 Å². The van der Waals surface area contributed by atoms with Gasteiger partial charge in [0.1, 0.15) is 0 Å². The fourth-order valence-electron chi connectivity index (χ4n) is 3.37. The van der Waals surface area contributed by atoms with Crippen molar-refractivity contribution in [2.75, 3.05) is 37.6 Å². The highest BCUT2D eigenvalue weighted by Gasteiger charge is 2.20. The number of fused-ring (bicyclic) bond motifs is 1. The van der Waals surface area contributed by atoms with Crippen molar-refractivity contribution in [1.82, 2.24) is 20.4 Å². The molecule has 0 atom stereocenters. The summed E-state index contributed by atoms with van der Waals surface area (Å²) in [6, 6.07) is 8.49. The molecule has 0 radical (unpaired) electrons. The zero-order chi connectivity index (χ0) is 17.8. The first kappa shape index (κ1) is 17.6. The van der Waals surface area contributed by atoms with Crippen LogP contribution in [0.5, 0.6) is 0 Å². The maximum Gasteiger partial charge on any atom is 0.234 e. The second kappa shape index (κ2) is 7.78. The predicted molar refractivity (Wildman–Crippen MR) is 101 cm³/mol. The highest BCUT2D eigenvalue weighted by molar-refractivity contribution is 5.93. The number of hydrogen-bond donors (Lipinski definition) is 1. The number of benzene rings is 1. The number of amides is 1. The molecule has 0 saturated carbocycles. The van der Waals surface area contributed by atoms with E-state index in [9.17, 15) is 4.79 Å². The standard InChI is InChI=1S/C19H27N5O/c1-14(2)20-18(25)13-23-9-6-10-24(12-11-23)19-17-8-5-4-7-16(17)15(3)21-22-19/h4-5,7-8,14H,6,9-13H2,1-3H3,(H,20,25). The summed E-state index contributed by atoms with van der Waals surface area (Å²) >= 11 is 0. The van der Waals surface area contributed by atoms with Gasteiger partial charge in [0.15, 0.2) is 5.82 Å². The quantitative estimate of drug-likeness (QED) is 0.921. The fraction of sp³-hybridized carbons (Fsp3) is 0.526. The molecule has 1 fully saturated rings. The molecule has 0 bridgehead atoms. The van der Waals surface area contributed by atoms with E-state index in [2.05, 4.69) is 37.4 Å². The van der Waals surface area contributed by atoms with Gasteiger partial charge in [-0.15, -0.1) is 5.10 Å². The molecule has 1 saturated heterocycles. The Labute approximate surface area is 149 Å². The Hall–Kier alpha value is -2.21. The number of anilines is 1. The third-order valence-electron chi connectivity index (χ3n) is 4.56. The molecule has 25 heavy (non-hydrogen) atoms.